The van der Waals surface area contributed by atoms with E-state index in [1.165, 1.54) is 6.07 Å². The Hall–Kier alpha value is -1.62. The van der Waals surface area contributed by atoms with Crippen molar-refractivity contribution in [3.63, 3.8) is 0 Å². The fraction of sp³-hybridized carbons (Fsp3) is 0.278. The molecule has 0 radical (unpaired) electrons. The number of hydrogen-bond acceptors (Lipinski definition) is 2. The normalized spacial score (nSPS) is 12.2. The lowest BCUT2D eigenvalue weighted by Crippen LogP contribution is -2.42. The number of carbonyl (C=O) groups excluding carboxylic acids is 1. The topological polar surface area (TPSA) is 32.3 Å². The molecule has 0 bridgehead atoms. The molecular weight excluding hydrogens is 350 g/mol. The first-order valence-electron chi connectivity index (χ1n) is 7.53. The second kappa shape index (κ2) is 8.47. The molecule has 3 nitrogen and oxygen atoms in total. The van der Waals surface area contributed by atoms with Gasteiger partial charge in [0.2, 0.25) is 5.91 Å². The minimum atomic E-state index is -0.423. The largest absolute Gasteiger partial charge is 0.351 e. The van der Waals surface area contributed by atoms with E-state index in [1.54, 1.807) is 43.1 Å². The Labute approximate surface area is 151 Å². The van der Waals surface area contributed by atoms with E-state index in [2.05, 4.69) is 5.32 Å². The fourth-order valence-corrected chi connectivity index (χ4v) is 2.56. The average Bonchev–Trinajstić information content (AvgIpc) is 2.56. The number of halogens is 3. The third kappa shape index (κ3) is 4.94. The van der Waals surface area contributed by atoms with E-state index in [9.17, 15) is 9.18 Å². The Morgan fingerprint density at radius 1 is 1.21 bits per heavy atom. The van der Waals surface area contributed by atoms with Crippen LogP contribution in [0.5, 0.6) is 0 Å². The Kier molecular flexibility index (Phi) is 6.60. The maximum atomic E-state index is 13.9. The predicted octanol–water partition coefficient (Wildman–Crippen LogP) is 4.27. The van der Waals surface area contributed by atoms with Gasteiger partial charge in [-0.2, -0.15) is 0 Å². The van der Waals surface area contributed by atoms with Gasteiger partial charge in [0.15, 0.2) is 0 Å². The first-order chi connectivity index (χ1) is 11.4. The van der Waals surface area contributed by atoms with Crippen molar-refractivity contribution in [1.29, 1.82) is 0 Å². The number of nitrogens with one attached hydrogen (secondary N) is 1. The maximum Gasteiger partial charge on any atom is 0.237 e. The SMILES string of the molecule is C[C@H](C(=O)NCc1ccc(Cl)cc1)N(C)Cc1c(F)cccc1Cl. The monoisotopic (exact) mass is 368 g/mol. The molecule has 0 heterocycles. The van der Waals surface area contributed by atoms with Crippen LogP contribution in [0, 0.1) is 5.82 Å². The third-order valence-electron chi connectivity index (χ3n) is 3.89. The summed E-state index contributed by atoms with van der Waals surface area (Å²) in [5, 5.41) is 3.87. The Balaban J connectivity index is 1.93. The van der Waals surface area contributed by atoms with Gasteiger partial charge in [0.1, 0.15) is 5.82 Å². The summed E-state index contributed by atoms with van der Waals surface area (Å²) in [7, 11) is 1.76. The van der Waals surface area contributed by atoms with Crippen molar-refractivity contribution in [1.82, 2.24) is 10.2 Å². The molecule has 0 aliphatic rings. The molecule has 1 atom stereocenters. The molecule has 0 spiro atoms. The van der Waals surface area contributed by atoms with E-state index in [0.717, 1.165) is 5.56 Å². The van der Waals surface area contributed by atoms with Crippen LogP contribution in [0.4, 0.5) is 4.39 Å². The van der Waals surface area contributed by atoms with Crippen molar-refractivity contribution in [3.8, 4) is 0 Å². The van der Waals surface area contributed by atoms with Crippen molar-refractivity contribution in [2.24, 2.45) is 0 Å². The van der Waals surface area contributed by atoms with Gasteiger partial charge in [0, 0.05) is 28.7 Å². The van der Waals surface area contributed by atoms with E-state index < -0.39 is 6.04 Å². The summed E-state index contributed by atoms with van der Waals surface area (Å²) < 4.78 is 13.9. The van der Waals surface area contributed by atoms with E-state index in [4.69, 9.17) is 23.2 Å². The summed E-state index contributed by atoms with van der Waals surface area (Å²) in [5.41, 5.74) is 1.35. The zero-order valence-electron chi connectivity index (χ0n) is 13.5. The van der Waals surface area contributed by atoms with Gasteiger partial charge in [-0.15, -0.1) is 0 Å². The molecule has 1 amide bonds. The van der Waals surface area contributed by atoms with Crippen LogP contribution in [0.15, 0.2) is 42.5 Å². The number of nitrogens with zero attached hydrogens (tertiary/aromatic N) is 1. The summed E-state index contributed by atoms with van der Waals surface area (Å²) in [6.07, 6.45) is 0. The molecule has 0 fully saturated rings. The minimum absolute atomic E-state index is 0.139. The van der Waals surface area contributed by atoms with Crippen molar-refractivity contribution in [3.05, 3.63) is 69.5 Å². The van der Waals surface area contributed by atoms with E-state index in [-0.39, 0.29) is 18.3 Å². The average molecular weight is 369 g/mol. The fourth-order valence-electron chi connectivity index (χ4n) is 2.21. The van der Waals surface area contributed by atoms with Crippen LogP contribution in [0.1, 0.15) is 18.1 Å². The summed E-state index contributed by atoms with van der Waals surface area (Å²) in [6.45, 7) is 2.43. The van der Waals surface area contributed by atoms with E-state index in [1.807, 2.05) is 12.1 Å². The molecule has 128 valence electrons. The Morgan fingerprint density at radius 3 is 2.50 bits per heavy atom. The van der Waals surface area contributed by atoms with Crippen LogP contribution in [0.3, 0.4) is 0 Å². The summed E-state index contributed by atoms with van der Waals surface area (Å²) >= 11 is 11.9. The quantitative estimate of drug-likeness (QED) is 0.825. The molecule has 0 aromatic heterocycles. The second-order valence-corrected chi connectivity index (χ2v) is 6.48. The summed E-state index contributed by atoms with van der Waals surface area (Å²) in [4.78, 5) is 14.0. The van der Waals surface area contributed by atoms with Gasteiger partial charge in [0.25, 0.3) is 0 Å². The van der Waals surface area contributed by atoms with Crippen LogP contribution in [-0.2, 0) is 17.9 Å². The van der Waals surface area contributed by atoms with Crippen LogP contribution in [0.2, 0.25) is 10.0 Å². The minimum Gasteiger partial charge on any atom is -0.351 e. The molecule has 0 saturated heterocycles. The zero-order chi connectivity index (χ0) is 17.7. The highest BCUT2D eigenvalue weighted by molar-refractivity contribution is 6.31. The molecule has 2 aromatic rings. The van der Waals surface area contributed by atoms with Gasteiger partial charge in [-0.1, -0.05) is 41.4 Å². The number of hydrogen-bond donors (Lipinski definition) is 1. The molecule has 0 aliphatic heterocycles. The number of carbonyl (C=O) groups is 1. The van der Waals surface area contributed by atoms with Crippen LogP contribution < -0.4 is 5.32 Å². The highest BCUT2D eigenvalue weighted by Crippen LogP contribution is 2.21. The smallest absolute Gasteiger partial charge is 0.237 e. The molecule has 1 N–H and O–H groups in total. The van der Waals surface area contributed by atoms with Gasteiger partial charge in [-0.25, -0.2) is 4.39 Å². The summed E-state index contributed by atoms with van der Waals surface area (Å²) in [5.74, 6) is -0.511. The molecule has 2 rings (SSSR count). The van der Waals surface area contributed by atoms with Crippen molar-refractivity contribution >= 4 is 29.1 Å². The summed E-state index contributed by atoms with van der Waals surface area (Å²) in [6, 6.07) is 11.4. The van der Waals surface area contributed by atoms with Crippen molar-refractivity contribution in [2.75, 3.05) is 7.05 Å². The molecule has 0 saturated carbocycles. The van der Waals surface area contributed by atoms with Crippen LogP contribution in [0.25, 0.3) is 0 Å². The van der Waals surface area contributed by atoms with Crippen molar-refractivity contribution < 1.29 is 9.18 Å². The maximum absolute atomic E-state index is 13.9. The molecule has 0 unspecified atom stereocenters. The zero-order valence-corrected chi connectivity index (χ0v) is 15.0. The second-order valence-electron chi connectivity index (χ2n) is 5.64. The highest BCUT2D eigenvalue weighted by atomic mass is 35.5. The van der Waals surface area contributed by atoms with Crippen molar-refractivity contribution in [2.45, 2.75) is 26.1 Å². The lowest BCUT2D eigenvalue weighted by molar-refractivity contribution is -0.125. The molecule has 24 heavy (non-hydrogen) atoms. The van der Waals surface area contributed by atoms with Gasteiger partial charge in [-0.3, -0.25) is 9.69 Å². The number of amides is 1. The highest BCUT2D eigenvalue weighted by Gasteiger charge is 2.20. The number of benzene rings is 2. The van der Waals surface area contributed by atoms with E-state index in [0.29, 0.717) is 22.2 Å². The van der Waals surface area contributed by atoms with Crippen LogP contribution in [-0.4, -0.2) is 23.9 Å². The molecule has 6 heteroatoms. The van der Waals surface area contributed by atoms with Gasteiger partial charge >= 0.3 is 0 Å². The molecular formula is C18H19Cl2FN2O. The van der Waals surface area contributed by atoms with Gasteiger partial charge < -0.3 is 5.32 Å². The first kappa shape index (κ1) is 18.7. The predicted molar refractivity (Wildman–Crippen MR) is 95.6 cm³/mol. The Bertz CT molecular complexity index is 686. The lowest BCUT2D eigenvalue weighted by Gasteiger charge is -2.24. The van der Waals surface area contributed by atoms with E-state index >= 15 is 0 Å². The van der Waals surface area contributed by atoms with Gasteiger partial charge in [0.05, 0.1) is 6.04 Å². The first-order valence-corrected chi connectivity index (χ1v) is 8.29. The van der Waals surface area contributed by atoms with Gasteiger partial charge in [-0.05, 0) is 43.8 Å². The number of rotatable bonds is 6. The number of likely N-dealkylation sites (N-methyl/N-ethyl adjacent to an activating group) is 1. The third-order valence-corrected chi connectivity index (χ3v) is 4.50. The standard InChI is InChI=1S/C18H19Cl2FN2O/c1-12(18(24)22-10-13-6-8-14(19)9-7-13)23(2)11-15-16(20)4-3-5-17(15)21/h3-9,12H,10-11H2,1-2H3,(H,22,24)/t12-/m1/s1. The lowest BCUT2D eigenvalue weighted by atomic mass is 10.1. The molecule has 2 aromatic carbocycles. The van der Waals surface area contributed by atoms with Crippen LogP contribution >= 0.6 is 23.2 Å². The molecule has 0 aliphatic carbocycles. The Morgan fingerprint density at radius 2 is 1.88 bits per heavy atom.